The van der Waals surface area contributed by atoms with Crippen LogP contribution in [0.4, 0.5) is 14.5 Å². The van der Waals surface area contributed by atoms with Crippen LogP contribution in [0.5, 0.6) is 6.01 Å². The summed E-state index contributed by atoms with van der Waals surface area (Å²) in [4.78, 5) is 28.8. The van der Waals surface area contributed by atoms with E-state index in [9.17, 15) is 17.6 Å². The van der Waals surface area contributed by atoms with Gasteiger partial charge >= 0.3 is 6.01 Å². The van der Waals surface area contributed by atoms with E-state index in [4.69, 9.17) is 4.74 Å². The number of aromatic amines is 1. The molecule has 200 valence electrons. The summed E-state index contributed by atoms with van der Waals surface area (Å²) in [6.07, 6.45) is 7.03. The summed E-state index contributed by atoms with van der Waals surface area (Å²) in [6.45, 7) is 2.90. The third-order valence-corrected chi connectivity index (χ3v) is 7.07. The Hall–Kier alpha value is -3.97. The fraction of sp³-hybridized carbons (Fsp3) is 0.280. The van der Waals surface area contributed by atoms with Gasteiger partial charge in [-0.05, 0) is 44.6 Å². The third-order valence-electron chi connectivity index (χ3n) is 5.60. The van der Waals surface area contributed by atoms with Crippen molar-refractivity contribution in [3.63, 3.8) is 0 Å². The smallest absolute Gasteiger partial charge is 0.316 e. The molecule has 0 unspecified atom stereocenters. The first-order chi connectivity index (χ1) is 18.2. The highest BCUT2D eigenvalue weighted by atomic mass is 32.2. The zero-order valence-electron chi connectivity index (χ0n) is 20.7. The minimum Gasteiger partial charge on any atom is -0.463 e. The largest absolute Gasteiger partial charge is 0.463 e. The van der Waals surface area contributed by atoms with Crippen molar-refractivity contribution in [3.05, 3.63) is 65.7 Å². The topological polar surface area (TPSA) is 139 Å². The fourth-order valence-corrected chi connectivity index (χ4v) is 4.89. The number of hydrogen-bond acceptors (Lipinski definition) is 8. The number of nitrogens with one attached hydrogen (secondary N) is 3. The van der Waals surface area contributed by atoms with Crippen LogP contribution in [0.2, 0.25) is 0 Å². The Balaban J connectivity index is 1.64. The van der Waals surface area contributed by atoms with E-state index in [0.29, 0.717) is 35.2 Å². The van der Waals surface area contributed by atoms with Crippen LogP contribution in [0.3, 0.4) is 0 Å². The molecule has 0 atom stereocenters. The van der Waals surface area contributed by atoms with Gasteiger partial charge in [-0.2, -0.15) is 0 Å². The molecule has 10 nitrogen and oxygen atoms in total. The molecule has 0 bridgehead atoms. The lowest BCUT2D eigenvalue weighted by Crippen LogP contribution is -2.18. The Bertz CT molecular complexity index is 1560. The molecule has 0 aliphatic carbocycles. The van der Waals surface area contributed by atoms with Crippen LogP contribution in [-0.2, 0) is 10.0 Å². The number of carbonyl (C=O) groups is 1. The molecule has 4 aromatic rings. The number of rotatable bonds is 12. The van der Waals surface area contributed by atoms with Gasteiger partial charge in [-0.25, -0.2) is 32.2 Å². The lowest BCUT2D eigenvalue weighted by atomic mass is 10.0. The van der Waals surface area contributed by atoms with Crippen LogP contribution >= 0.6 is 0 Å². The average molecular weight is 545 g/mol. The summed E-state index contributed by atoms with van der Waals surface area (Å²) >= 11 is 0. The number of aromatic nitrogens is 4. The van der Waals surface area contributed by atoms with Crippen LogP contribution in [0.1, 0.15) is 35.7 Å². The lowest BCUT2D eigenvalue weighted by molar-refractivity contribution is 0.103. The summed E-state index contributed by atoms with van der Waals surface area (Å²) in [6, 6.07) is 3.63. The fourth-order valence-electron chi connectivity index (χ4n) is 3.76. The van der Waals surface area contributed by atoms with Crippen molar-refractivity contribution in [1.82, 2.24) is 25.3 Å². The first kappa shape index (κ1) is 27.1. The first-order valence-electron chi connectivity index (χ1n) is 11.8. The highest BCUT2D eigenvalue weighted by Gasteiger charge is 2.26. The van der Waals surface area contributed by atoms with E-state index in [2.05, 4.69) is 30.0 Å². The van der Waals surface area contributed by atoms with Crippen molar-refractivity contribution < 1.29 is 26.7 Å². The van der Waals surface area contributed by atoms with E-state index in [1.807, 2.05) is 7.05 Å². The van der Waals surface area contributed by atoms with E-state index in [0.717, 1.165) is 25.1 Å². The number of ether oxygens (including phenoxy) is 1. The third kappa shape index (κ3) is 5.94. The molecule has 0 aliphatic heterocycles. The predicted octanol–water partition coefficient (Wildman–Crippen LogP) is 3.67. The molecule has 3 heterocycles. The normalized spacial score (nSPS) is 11.6. The second-order valence-corrected chi connectivity index (χ2v) is 10.3. The standard InChI is InChI=1S/C25H26F2N6O4S/c1-3-9-38(35,36)33-20-6-5-19(26)21(22(20)27)23(34)18-14-30-24-17(18)10-15(11-29-24)16-12-31-25(32-13-16)37-8-4-7-28-2/h5-6,10-14,28,33H,3-4,7-9H2,1-2H3,(H,29,30). The van der Waals surface area contributed by atoms with Gasteiger partial charge in [0.05, 0.1) is 23.6 Å². The highest BCUT2D eigenvalue weighted by molar-refractivity contribution is 7.92. The minimum atomic E-state index is -3.86. The van der Waals surface area contributed by atoms with Crippen molar-refractivity contribution in [3.8, 4) is 17.1 Å². The molecule has 1 aromatic carbocycles. The molecular formula is C25H26F2N6O4S. The number of halogens is 2. The molecule has 38 heavy (non-hydrogen) atoms. The molecule has 4 rings (SSSR count). The van der Waals surface area contributed by atoms with Gasteiger partial charge in [-0.1, -0.05) is 6.92 Å². The molecular weight excluding hydrogens is 518 g/mol. The first-order valence-corrected chi connectivity index (χ1v) is 13.5. The average Bonchev–Trinajstić information content (AvgIpc) is 3.32. The number of pyridine rings is 1. The van der Waals surface area contributed by atoms with Crippen LogP contribution < -0.4 is 14.8 Å². The van der Waals surface area contributed by atoms with E-state index in [1.165, 1.54) is 6.20 Å². The second kappa shape index (κ2) is 11.6. The van der Waals surface area contributed by atoms with Crippen LogP contribution in [0.25, 0.3) is 22.2 Å². The molecule has 0 saturated heterocycles. The van der Waals surface area contributed by atoms with E-state index < -0.39 is 38.7 Å². The number of anilines is 1. The van der Waals surface area contributed by atoms with Crippen molar-refractivity contribution in [2.24, 2.45) is 0 Å². The maximum Gasteiger partial charge on any atom is 0.316 e. The molecule has 0 saturated carbocycles. The Kier molecular flexibility index (Phi) is 8.27. The van der Waals surface area contributed by atoms with Crippen molar-refractivity contribution in [1.29, 1.82) is 0 Å². The zero-order valence-corrected chi connectivity index (χ0v) is 21.5. The van der Waals surface area contributed by atoms with Gasteiger partial charge in [0.1, 0.15) is 11.5 Å². The monoisotopic (exact) mass is 544 g/mol. The highest BCUT2D eigenvalue weighted by Crippen LogP contribution is 2.29. The van der Waals surface area contributed by atoms with Gasteiger partial charge in [0.2, 0.25) is 15.8 Å². The SMILES string of the molecule is CCCS(=O)(=O)Nc1ccc(F)c(C(=O)c2c[nH]c3ncc(-c4cnc(OCCCNC)nc4)cc23)c1F. The maximum absolute atomic E-state index is 15.2. The van der Waals surface area contributed by atoms with Crippen LogP contribution in [0.15, 0.2) is 43.0 Å². The van der Waals surface area contributed by atoms with Gasteiger partial charge in [-0.15, -0.1) is 0 Å². The Morgan fingerprint density at radius 3 is 2.55 bits per heavy atom. The van der Waals surface area contributed by atoms with Gasteiger partial charge < -0.3 is 15.0 Å². The zero-order chi connectivity index (χ0) is 27.3. The van der Waals surface area contributed by atoms with Crippen molar-refractivity contribution in [2.45, 2.75) is 19.8 Å². The number of carbonyl (C=O) groups excluding carboxylic acids is 1. The number of fused-ring (bicyclic) bond motifs is 1. The van der Waals surface area contributed by atoms with Gasteiger partial charge in [0.25, 0.3) is 0 Å². The number of hydrogen-bond donors (Lipinski definition) is 3. The molecule has 0 amide bonds. The molecule has 0 aliphatic rings. The van der Waals surface area contributed by atoms with Crippen molar-refractivity contribution in [2.75, 3.05) is 30.7 Å². The van der Waals surface area contributed by atoms with E-state index in [1.54, 1.807) is 31.6 Å². The summed E-state index contributed by atoms with van der Waals surface area (Å²) in [5.74, 6) is -3.64. The van der Waals surface area contributed by atoms with Crippen LogP contribution in [-0.4, -0.2) is 60.1 Å². The lowest BCUT2D eigenvalue weighted by Gasteiger charge is -2.11. The second-order valence-electron chi connectivity index (χ2n) is 8.42. The van der Waals surface area contributed by atoms with Gasteiger partial charge in [0.15, 0.2) is 5.82 Å². The van der Waals surface area contributed by atoms with E-state index in [-0.39, 0.29) is 17.3 Å². The molecule has 0 fully saturated rings. The molecule has 3 N–H and O–H groups in total. The molecule has 13 heteroatoms. The Labute approximate surface area is 217 Å². The number of H-pyrrole nitrogens is 1. The molecule has 0 spiro atoms. The van der Waals surface area contributed by atoms with Gasteiger partial charge in [-0.3, -0.25) is 9.52 Å². The van der Waals surface area contributed by atoms with Crippen molar-refractivity contribution >= 4 is 32.5 Å². The predicted molar refractivity (Wildman–Crippen MR) is 139 cm³/mol. The maximum atomic E-state index is 15.2. The summed E-state index contributed by atoms with van der Waals surface area (Å²) in [7, 11) is -2.01. The van der Waals surface area contributed by atoms with Crippen LogP contribution in [0, 0.1) is 11.6 Å². The molecule has 0 radical (unpaired) electrons. The Morgan fingerprint density at radius 1 is 1.11 bits per heavy atom. The number of benzene rings is 1. The van der Waals surface area contributed by atoms with Gasteiger partial charge in [0, 0.05) is 46.9 Å². The summed E-state index contributed by atoms with van der Waals surface area (Å²) < 4.78 is 61.7. The minimum absolute atomic E-state index is 0.0360. The molecule has 3 aromatic heterocycles. The quantitative estimate of drug-likeness (QED) is 0.181. The number of nitrogens with zero attached hydrogens (tertiary/aromatic N) is 3. The Morgan fingerprint density at radius 2 is 1.84 bits per heavy atom. The summed E-state index contributed by atoms with van der Waals surface area (Å²) in [5.41, 5.74) is 0.0544. The summed E-state index contributed by atoms with van der Waals surface area (Å²) in [5, 5.41) is 3.33. The van der Waals surface area contributed by atoms with E-state index >= 15 is 4.39 Å². The number of sulfonamides is 1. The number of ketones is 1.